The van der Waals surface area contributed by atoms with Gasteiger partial charge in [-0.25, -0.2) is 4.39 Å². The van der Waals surface area contributed by atoms with Crippen LogP contribution in [0.4, 0.5) is 4.39 Å². The molecular formula is C22H27ClFNO. The summed E-state index contributed by atoms with van der Waals surface area (Å²) < 4.78 is 18.8. The fraction of sp³-hybridized carbons (Fsp3) is 0.455. The van der Waals surface area contributed by atoms with Gasteiger partial charge in [0.1, 0.15) is 18.2 Å². The van der Waals surface area contributed by atoms with Crippen LogP contribution in [0.3, 0.4) is 0 Å². The largest absolute Gasteiger partial charge is 0.489 e. The molecule has 0 radical (unpaired) electrons. The molecular weight excluding hydrogens is 349 g/mol. The van der Waals surface area contributed by atoms with Gasteiger partial charge in [-0.3, -0.25) is 0 Å². The van der Waals surface area contributed by atoms with Gasteiger partial charge in [0.05, 0.1) is 5.02 Å². The highest BCUT2D eigenvalue weighted by atomic mass is 35.5. The lowest BCUT2D eigenvalue weighted by Crippen LogP contribution is -2.29. The second kappa shape index (κ2) is 9.94. The lowest BCUT2D eigenvalue weighted by Gasteiger charge is -2.21. The van der Waals surface area contributed by atoms with Crippen molar-refractivity contribution in [3.05, 3.63) is 64.4 Å². The van der Waals surface area contributed by atoms with E-state index >= 15 is 0 Å². The van der Waals surface area contributed by atoms with Crippen molar-refractivity contribution in [2.45, 2.75) is 64.1 Å². The second-order valence-corrected chi connectivity index (χ2v) is 7.50. The second-order valence-electron chi connectivity index (χ2n) is 7.09. The molecule has 0 spiro atoms. The predicted octanol–water partition coefficient (Wildman–Crippen LogP) is 6.26. The van der Waals surface area contributed by atoms with Crippen LogP contribution in [0.5, 0.6) is 5.75 Å². The Labute approximate surface area is 160 Å². The highest BCUT2D eigenvalue weighted by Gasteiger charge is 2.10. The van der Waals surface area contributed by atoms with Gasteiger partial charge in [-0.2, -0.15) is 0 Å². The van der Waals surface area contributed by atoms with Crippen LogP contribution >= 0.6 is 11.6 Å². The smallest absolute Gasteiger partial charge is 0.124 e. The van der Waals surface area contributed by atoms with E-state index in [9.17, 15) is 4.39 Å². The molecule has 140 valence electrons. The van der Waals surface area contributed by atoms with Crippen LogP contribution in [-0.4, -0.2) is 6.04 Å². The molecule has 3 rings (SSSR count). The van der Waals surface area contributed by atoms with E-state index < -0.39 is 0 Å². The first-order valence-electron chi connectivity index (χ1n) is 9.60. The Bertz CT molecular complexity index is 681. The van der Waals surface area contributed by atoms with E-state index in [1.807, 2.05) is 12.1 Å². The highest BCUT2D eigenvalue weighted by molar-refractivity contribution is 6.31. The fourth-order valence-electron chi connectivity index (χ4n) is 3.43. The van der Waals surface area contributed by atoms with Gasteiger partial charge < -0.3 is 10.1 Å². The summed E-state index contributed by atoms with van der Waals surface area (Å²) in [6, 6.07) is 13.2. The third-order valence-electron chi connectivity index (χ3n) is 5.03. The summed E-state index contributed by atoms with van der Waals surface area (Å²) >= 11 is 6.03. The summed E-state index contributed by atoms with van der Waals surface area (Å²) in [6.07, 6.45) is 9.42. The monoisotopic (exact) mass is 375 g/mol. The molecule has 0 saturated heterocycles. The van der Waals surface area contributed by atoms with Crippen molar-refractivity contribution in [3.63, 3.8) is 0 Å². The van der Waals surface area contributed by atoms with Crippen LogP contribution in [0, 0.1) is 5.82 Å². The number of nitrogens with one attached hydrogen (secondary N) is 1. The maximum Gasteiger partial charge on any atom is 0.124 e. The molecule has 0 amide bonds. The number of rotatable bonds is 6. The fourth-order valence-corrected chi connectivity index (χ4v) is 3.65. The van der Waals surface area contributed by atoms with Crippen LogP contribution in [0.1, 0.15) is 56.1 Å². The zero-order valence-electron chi connectivity index (χ0n) is 15.1. The molecule has 0 bridgehead atoms. The molecule has 0 aliphatic heterocycles. The molecule has 4 heteroatoms. The topological polar surface area (TPSA) is 21.3 Å². The highest BCUT2D eigenvalue weighted by Crippen LogP contribution is 2.21. The first-order chi connectivity index (χ1) is 12.7. The Hall–Kier alpha value is -1.58. The van der Waals surface area contributed by atoms with Crippen molar-refractivity contribution in [2.24, 2.45) is 0 Å². The molecule has 0 heterocycles. The average molecular weight is 376 g/mol. The number of hydrogen-bond donors (Lipinski definition) is 1. The standard InChI is InChI=1S/C22H27ClFNO/c23-22-14-19(24)11-10-18(22)16-26-21-12-8-17(9-13-21)15-25-20-6-4-2-1-3-5-7-20/h8-14,20,25H,1-7,15-16H2. The van der Waals surface area contributed by atoms with Crippen LogP contribution in [0.25, 0.3) is 0 Å². The van der Waals surface area contributed by atoms with Gasteiger partial charge in [0.2, 0.25) is 0 Å². The summed E-state index contributed by atoms with van der Waals surface area (Å²) in [5.41, 5.74) is 2.04. The van der Waals surface area contributed by atoms with Crippen molar-refractivity contribution >= 4 is 11.6 Å². The minimum Gasteiger partial charge on any atom is -0.489 e. The lowest BCUT2D eigenvalue weighted by molar-refractivity contribution is 0.306. The van der Waals surface area contributed by atoms with Crippen molar-refractivity contribution < 1.29 is 9.13 Å². The molecule has 1 aliphatic rings. The molecule has 0 aromatic heterocycles. The molecule has 0 atom stereocenters. The van der Waals surface area contributed by atoms with Crippen LogP contribution in [-0.2, 0) is 13.2 Å². The summed E-state index contributed by atoms with van der Waals surface area (Å²) in [5, 5.41) is 4.10. The van der Waals surface area contributed by atoms with Crippen molar-refractivity contribution in [2.75, 3.05) is 0 Å². The summed E-state index contributed by atoms with van der Waals surface area (Å²) in [7, 11) is 0. The van der Waals surface area contributed by atoms with Gasteiger partial charge in [0.15, 0.2) is 0 Å². The molecule has 2 aromatic carbocycles. The lowest BCUT2D eigenvalue weighted by atomic mass is 9.96. The molecule has 1 saturated carbocycles. The van der Waals surface area contributed by atoms with E-state index in [0.29, 0.717) is 17.7 Å². The number of halogens is 2. The SMILES string of the molecule is Fc1ccc(COc2ccc(CNC3CCCCCCC3)cc2)c(Cl)c1. The Kier molecular flexibility index (Phi) is 7.33. The maximum absolute atomic E-state index is 13.1. The first-order valence-corrected chi connectivity index (χ1v) is 9.97. The summed E-state index contributed by atoms with van der Waals surface area (Å²) in [6.45, 7) is 1.23. The van der Waals surface area contributed by atoms with E-state index in [1.165, 1.54) is 62.6 Å². The Morgan fingerprint density at radius 3 is 2.35 bits per heavy atom. The Balaban J connectivity index is 1.47. The molecule has 2 nitrogen and oxygen atoms in total. The Morgan fingerprint density at radius 2 is 1.65 bits per heavy atom. The molecule has 26 heavy (non-hydrogen) atoms. The van der Waals surface area contributed by atoms with Crippen LogP contribution < -0.4 is 10.1 Å². The first kappa shape index (κ1) is 19.2. The summed E-state index contributed by atoms with van der Waals surface area (Å²) in [4.78, 5) is 0. The summed E-state index contributed by atoms with van der Waals surface area (Å²) in [5.74, 6) is 0.458. The third kappa shape index (κ3) is 6.00. The third-order valence-corrected chi connectivity index (χ3v) is 5.38. The minimum atomic E-state index is -0.333. The van der Waals surface area contributed by atoms with Crippen LogP contribution in [0.2, 0.25) is 5.02 Å². The van der Waals surface area contributed by atoms with Gasteiger partial charge in [-0.1, -0.05) is 61.9 Å². The molecule has 1 N–H and O–H groups in total. The van der Waals surface area contributed by atoms with E-state index in [2.05, 4.69) is 17.4 Å². The van der Waals surface area contributed by atoms with Crippen molar-refractivity contribution in [3.8, 4) is 5.75 Å². The van der Waals surface area contributed by atoms with E-state index in [1.54, 1.807) is 6.07 Å². The van der Waals surface area contributed by atoms with E-state index in [0.717, 1.165) is 17.9 Å². The van der Waals surface area contributed by atoms with Crippen molar-refractivity contribution in [1.82, 2.24) is 5.32 Å². The number of ether oxygens (including phenoxy) is 1. The van der Waals surface area contributed by atoms with Crippen molar-refractivity contribution in [1.29, 1.82) is 0 Å². The van der Waals surface area contributed by atoms with Gasteiger partial charge in [0, 0.05) is 18.2 Å². The van der Waals surface area contributed by atoms with E-state index in [-0.39, 0.29) is 5.82 Å². The quantitative estimate of drug-likeness (QED) is 0.643. The molecule has 0 unspecified atom stereocenters. The number of benzene rings is 2. The average Bonchev–Trinajstić information content (AvgIpc) is 2.61. The predicted molar refractivity (Wildman–Crippen MR) is 105 cm³/mol. The molecule has 2 aromatic rings. The number of hydrogen-bond acceptors (Lipinski definition) is 2. The Morgan fingerprint density at radius 1 is 0.962 bits per heavy atom. The zero-order chi connectivity index (χ0) is 18.2. The van der Waals surface area contributed by atoms with Crippen LogP contribution in [0.15, 0.2) is 42.5 Å². The minimum absolute atomic E-state index is 0.332. The normalized spacial score (nSPS) is 16.1. The van der Waals surface area contributed by atoms with Gasteiger partial charge in [-0.15, -0.1) is 0 Å². The van der Waals surface area contributed by atoms with Gasteiger partial charge in [-0.05, 0) is 42.7 Å². The molecule has 1 fully saturated rings. The molecule has 1 aliphatic carbocycles. The van der Waals surface area contributed by atoms with E-state index in [4.69, 9.17) is 16.3 Å². The van der Waals surface area contributed by atoms with Gasteiger partial charge >= 0.3 is 0 Å². The maximum atomic E-state index is 13.1. The van der Waals surface area contributed by atoms with Gasteiger partial charge in [0.25, 0.3) is 0 Å². The zero-order valence-corrected chi connectivity index (χ0v) is 15.9.